The van der Waals surface area contributed by atoms with Gasteiger partial charge in [-0.05, 0) is 42.2 Å². The number of ether oxygens (including phenoxy) is 1. The molecule has 0 spiro atoms. The normalized spacial score (nSPS) is 10.5. The van der Waals surface area contributed by atoms with Crippen LogP contribution in [-0.2, 0) is 19.4 Å². The molecule has 1 heterocycles. The first-order valence-electron chi connectivity index (χ1n) is 8.73. The Hall–Kier alpha value is -2.66. The first-order chi connectivity index (χ1) is 12.7. The summed E-state index contributed by atoms with van der Waals surface area (Å²) in [5.74, 6) is 0.532. The molecule has 1 N–H and O–H groups in total. The lowest BCUT2D eigenvalue weighted by Crippen LogP contribution is -2.15. The summed E-state index contributed by atoms with van der Waals surface area (Å²) in [5.41, 5.74) is 6.46. The molecule has 0 radical (unpaired) electrons. The zero-order chi connectivity index (χ0) is 18.4. The smallest absolute Gasteiger partial charge is 0.255 e. The highest BCUT2D eigenvalue weighted by Crippen LogP contribution is 2.24. The third kappa shape index (κ3) is 4.29. The molecule has 26 heavy (non-hydrogen) atoms. The lowest BCUT2D eigenvalue weighted by Gasteiger charge is -2.15. The fourth-order valence-electron chi connectivity index (χ4n) is 2.78. The Bertz CT molecular complexity index is 853. The molecule has 2 aromatic carbocycles. The van der Waals surface area contributed by atoms with Gasteiger partial charge in [-0.25, -0.2) is 4.98 Å². The number of hydrogen-bond donors (Lipinski definition) is 1. The fourth-order valence-corrected chi connectivity index (χ4v) is 3.33. The molecule has 0 unspecified atom stereocenters. The van der Waals surface area contributed by atoms with Crippen molar-refractivity contribution in [1.29, 1.82) is 0 Å². The van der Waals surface area contributed by atoms with Crippen LogP contribution < -0.4 is 10.1 Å². The van der Waals surface area contributed by atoms with Crippen LogP contribution in [0.2, 0.25) is 0 Å². The molecule has 1 amide bonds. The van der Waals surface area contributed by atoms with E-state index in [1.54, 1.807) is 17.6 Å². The van der Waals surface area contributed by atoms with Crippen molar-refractivity contribution in [2.45, 2.75) is 33.3 Å². The summed E-state index contributed by atoms with van der Waals surface area (Å²) in [6.07, 6.45) is 1.75. The van der Waals surface area contributed by atoms with Gasteiger partial charge in [-0.2, -0.15) is 0 Å². The maximum absolute atomic E-state index is 12.8. The maximum atomic E-state index is 12.8. The van der Waals surface area contributed by atoms with Gasteiger partial charge < -0.3 is 10.1 Å². The summed E-state index contributed by atoms with van der Waals surface area (Å²) in [7, 11) is 0. The van der Waals surface area contributed by atoms with E-state index in [0.29, 0.717) is 17.9 Å². The molecule has 4 nitrogen and oxygen atoms in total. The van der Waals surface area contributed by atoms with E-state index in [2.05, 4.69) is 36.3 Å². The van der Waals surface area contributed by atoms with Crippen molar-refractivity contribution in [2.75, 3.05) is 5.32 Å². The van der Waals surface area contributed by atoms with Gasteiger partial charge in [0.25, 0.3) is 5.91 Å². The molecule has 5 heteroatoms. The number of aryl methyl sites for hydroxylation is 2. The van der Waals surface area contributed by atoms with Crippen LogP contribution in [0.25, 0.3) is 0 Å². The SMILES string of the molecule is CCc1cccc(CC)c1NC(=O)c1cccc(OCc2cscn2)c1. The number of carbonyl (C=O) groups is 1. The Labute approximate surface area is 157 Å². The Morgan fingerprint density at radius 3 is 2.50 bits per heavy atom. The number of amides is 1. The summed E-state index contributed by atoms with van der Waals surface area (Å²) in [4.78, 5) is 17.0. The number of hydrogen-bond acceptors (Lipinski definition) is 4. The first-order valence-corrected chi connectivity index (χ1v) is 9.67. The van der Waals surface area contributed by atoms with Gasteiger partial charge >= 0.3 is 0 Å². The van der Waals surface area contributed by atoms with Crippen molar-refractivity contribution in [3.8, 4) is 5.75 Å². The van der Waals surface area contributed by atoms with Crippen LogP contribution in [0.1, 0.15) is 41.0 Å². The zero-order valence-electron chi connectivity index (χ0n) is 15.0. The van der Waals surface area contributed by atoms with Crippen molar-refractivity contribution >= 4 is 22.9 Å². The van der Waals surface area contributed by atoms with Crippen LogP contribution in [0.5, 0.6) is 5.75 Å². The highest BCUT2D eigenvalue weighted by Gasteiger charge is 2.12. The van der Waals surface area contributed by atoms with Crippen LogP contribution in [0.3, 0.4) is 0 Å². The molecule has 3 aromatic rings. The predicted octanol–water partition coefficient (Wildman–Crippen LogP) is 5.10. The van der Waals surface area contributed by atoms with Gasteiger partial charge in [-0.3, -0.25) is 4.79 Å². The third-order valence-electron chi connectivity index (χ3n) is 4.20. The molecule has 3 rings (SSSR count). The second-order valence-electron chi connectivity index (χ2n) is 5.91. The largest absolute Gasteiger partial charge is 0.487 e. The Morgan fingerprint density at radius 2 is 1.85 bits per heavy atom. The lowest BCUT2D eigenvalue weighted by atomic mass is 10.0. The van der Waals surface area contributed by atoms with Crippen molar-refractivity contribution in [2.24, 2.45) is 0 Å². The van der Waals surface area contributed by atoms with Crippen LogP contribution in [0.4, 0.5) is 5.69 Å². The standard InChI is InChI=1S/C21H22N2O2S/c1-3-15-7-5-8-16(4-2)20(15)23-21(24)17-9-6-10-19(11-17)25-12-18-13-26-14-22-18/h5-11,13-14H,3-4,12H2,1-2H3,(H,23,24). The van der Waals surface area contributed by atoms with Gasteiger partial charge in [0.15, 0.2) is 0 Å². The summed E-state index contributed by atoms with van der Waals surface area (Å²) in [6.45, 7) is 4.59. The molecule has 134 valence electrons. The van der Waals surface area contributed by atoms with Gasteiger partial charge in [0.2, 0.25) is 0 Å². The van der Waals surface area contributed by atoms with Gasteiger partial charge in [0, 0.05) is 16.6 Å². The quantitative estimate of drug-likeness (QED) is 0.633. The van der Waals surface area contributed by atoms with Crippen molar-refractivity contribution in [1.82, 2.24) is 4.98 Å². The van der Waals surface area contributed by atoms with E-state index in [-0.39, 0.29) is 5.91 Å². The molecular formula is C21H22N2O2S. The summed E-state index contributed by atoms with van der Waals surface area (Å²) in [5, 5.41) is 5.04. The molecule has 1 aromatic heterocycles. The van der Waals surface area contributed by atoms with Gasteiger partial charge in [-0.1, -0.05) is 38.1 Å². The molecule has 0 saturated heterocycles. The van der Waals surface area contributed by atoms with Gasteiger partial charge in [-0.15, -0.1) is 11.3 Å². The van der Waals surface area contributed by atoms with Gasteiger partial charge in [0.1, 0.15) is 12.4 Å². The van der Waals surface area contributed by atoms with E-state index in [1.165, 1.54) is 11.3 Å². The molecule has 0 saturated carbocycles. The minimum Gasteiger partial charge on any atom is -0.487 e. The third-order valence-corrected chi connectivity index (χ3v) is 4.84. The van der Waals surface area contributed by atoms with E-state index in [1.807, 2.05) is 23.6 Å². The molecule has 0 fully saturated rings. The minimum absolute atomic E-state index is 0.125. The fraction of sp³-hybridized carbons (Fsp3) is 0.238. The number of para-hydroxylation sites is 1. The topological polar surface area (TPSA) is 51.2 Å². The summed E-state index contributed by atoms with van der Waals surface area (Å²) < 4.78 is 5.75. The van der Waals surface area contributed by atoms with Crippen LogP contribution in [-0.4, -0.2) is 10.9 Å². The molecule has 0 aliphatic carbocycles. The number of anilines is 1. The molecule has 0 bridgehead atoms. The van der Waals surface area contributed by atoms with E-state index in [4.69, 9.17) is 4.74 Å². The molecule has 0 aliphatic heterocycles. The zero-order valence-corrected chi connectivity index (χ0v) is 15.8. The van der Waals surface area contributed by atoms with E-state index >= 15 is 0 Å². The Balaban J connectivity index is 1.75. The Morgan fingerprint density at radius 1 is 1.12 bits per heavy atom. The average molecular weight is 366 g/mol. The second kappa shape index (κ2) is 8.63. The predicted molar refractivity (Wildman–Crippen MR) is 106 cm³/mol. The number of carbonyl (C=O) groups excluding carboxylic acids is 1. The van der Waals surface area contributed by atoms with Gasteiger partial charge in [0.05, 0.1) is 11.2 Å². The number of rotatable bonds is 7. The molecular weight excluding hydrogens is 344 g/mol. The highest BCUT2D eigenvalue weighted by molar-refractivity contribution is 7.07. The first kappa shape index (κ1) is 18.1. The van der Waals surface area contributed by atoms with E-state index in [9.17, 15) is 4.79 Å². The minimum atomic E-state index is -0.125. The van der Waals surface area contributed by atoms with Crippen LogP contribution in [0.15, 0.2) is 53.4 Å². The molecule has 0 atom stereocenters. The van der Waals surface area contributed by atoms with E-state index < -0.39 is 0 Å². The summed E-state index contributed by atoms with van der Waals surface area (Å²) >= 11 is 1.54. The Kier molecular flexibility index (Phi) is 6.02. The number of nitrogens with zero attached hydrogens (tertiary/aromatic N) is 1. The van der Waals surface area contributed by atoms with Crippen molar-refractivity contribution in [3.63, 3.8) is 0 Å². The average Bonchev–Trinajstić information content (AvgIpc) is 3.20. The monoisotopic (exact) mass is 366 g/mol. The number of benzene rings is 2. The second-order valence-corrected chi connectivity index (χ2v) is 6.63. The number of thiazole rings is 1. The van der Waals surface area contributed by atoms with Crippen molar-refractivity contribution < 1.29 is 9.53 Å². The van der Waals surface area contributed by atoms with Crippen molar-refractivity contribution in [3.05, 3.63) is 75.7 Å². The maximum Gasteiger partial charge on any atom is 0.255 e. The van der Waals surface area contributed by atoms with Crippen LogP contribution in [0, 0.1) is 0 Å². The van der Waals surface area contributed by atoms with E-state index in [0.717, 1.165) is 35.3 Å². The highest BCUT2D eigenvalue weighted by atomic mass is 32.1. The molecule has 0 aliphatic rings. The lowest BCUT2D eigenvalue weighted by molar-refractivity contribution is 0.102. The number of nitrogens with one attached hydrogen (secondary N) is 1. The number of aromatic nitrogens is 1. The summed E-state index contributed by atoms with van der Waals surface area (Å²) in [6, 6.07) is 13.4. The van der Waals surface area contributed by atoms with Crippen LogP contribution >= 0.6 is 11.3 Å².